The average Bonchev–Trinajstić information content (AvgIpc) is 3.24. The van der Waals surface area contributed by atoms with Gasteiger partial charge in [0.25, 0.3) is 11.8 Å². The van der Waals surface area contributed by atoms with Crippen LogP contribution in [0.15, 0.2) is 10.6 Å². The molecule has 1 saturated heterocycles. The molecule has 24 heavy (non-hydrogen) atoms. The van der Waals surface area contributed by atoms with E-state index in [4.69, 9.17) is 9.26 Å². The zero-order valence-corrected chi connectivity index (χ0v) is 14.3. The summed E-state index contributed by atoms with van der Waals surface area (Å²) in [6.45, 7) is 5.17. The molecule has 8 heteroatoms. The summed E-state index contributed by atoms with van der Waals surface area (Å²) < 4.78 is 12.3. The molecular weight excluding hydrogens is 310 g/mol. The molecule has 3 rings (SSSR count). The first-order valence-electron chi connectivity index (χ1n) is 8.28. The number of nitrogens with zero attached hydrogens (tertiary/aromatic N) is 4. The minimum Gasteiger partial charge on any atom is -0.368 e. The molecular formula is C16H23N5O3. The van der Waals surface area contributed by atoms with Crippen LogP contribution in [0.2, 0.25) is 0 Å². The van der Waals surface area contributed by atoms with Crippen LogP contribution in [-0.2, 0) is 24.8 Å². The Morgan fingerprint density at radius 1 is 1.50 bits per heavy atom. The smallest absolute Gasteiger partial charge is 0.269 e. The summed E-state index contributed by atoms with van der Waals surface area (Å²) in [6, 6.07) is 1.82. The van der Waals surface area contributed by atoms with Gasteiger partial charge in [0, 0.05) is 13.7 Å². The van der Waals surface area contributed by atoms with Crippen molar-refractivity contribution in [2.45, 2.75) is 45.8 Å². The highest BCUT2D eigenvalue weighted by Crippen LogP contribution is 2.26. The van der Waals surface area contributed by atoms with Crippen molar-refractivity contribution in [1.82, 2.24) is 25.2 Å². The summed E-state index contributed by atoms with van der Waals surface area (Å²) in [5, 5.41) is 11.1. The van der Waals surface area contributed by atoms with Gasteiger partial charge in [-0.2, -0.15) is 10.1 Å². The first-order valence-corrected chi connectivity index (χ1v) is 8.28. The van der Waals surface area contributed by atoms with Crippen LogP contribution in [0.3, 0.4) is 0 Å². The van der Waals surface area contributed by atoms with E-state index in [0.29, 0.717) is 23.3 Å². The third-order valence-electron chi connectivity index (χ3n) is 3.88. The maximum absolute atomic E-state index is 12.3. The summed E-state index contributed by atoms with van der Waals surface area (Å²) in [5.41, 5.74) is 1.44. The Morgan fingerprint density at radius 2 is 2.33 bits per heavy atom. The Hall–Kier alpha value is -2.22. The molecule has 1 aliphatic rings. The lowest BCUT2D eigenvalue weighted by Crippen LogP contribution is -2.25. The molecule has 1 aliphatic heterocycles. The van der Waals surface area contributed by atoms with E-state index >= 15 is 0 Å². The number of aryl methyl sites for hydroxylation is 1. The Kier molecular flexibility index (Phi) is 4.94. The Morgan fingerprint density at radius 3 is 3.04 bits per heavy atom. The van der Waals surface area contributed by atoms with Gasteiger partial charge in [-0.05, 0) is 31.2 Å². The van der Waals surface area contributed by atoms with Crippen LogP contribution >= 0.6 is 0 Å². The van der Waals surface area contributed by atoms with Crippen LogP contribution < -0.4 is 5.32 Å². The van der Waals surface area contributed by atoms with E-state index in [1.54, 1.807) is 11.7 Å². The molecule has 2 aromatic heterocycles. The summed E-state index contributed by atoms with van der Waals surface area (Å²) in [5.74, 6) is 1.21. The molecule has 0 spiro atoms. The van der Waals surface area contributed by atoms with Crippen LogP contribution in [0.1, 0.15) is 60.7 Å². The monoisotopic (exact) mass is 333 g/mol. The molecule has 0 radical (unpaired) electrons. The Balaban J connectivity index is 1.58. The van der Waals surface area contributed by atoms with Crippen molar-refractivity contribution in [3.63, 3.8) is 0 Å². The van der Waals surface area contributed by atoms with Gasteiger partial charge in [0.1, 0.15) is 11.8 Å². The number of carbonyl (C=O) groups excluding carboxylic acids is 1. The lowest BCUT2D eigenvalue weighted by atomic mass is 10.1. The zero-order valence-electron chi connectivity index (χ0n) is 14.3. The second-order valence-corrected chi connectivity index (χ2v) is 6.48. The van der Waals surface area contributed by atoms with Crippen molar-refractivity contribution in [3.8, 4) is 0 Å². The van der Waals surface area contributed by atoms with E-state index in [2.05, 4.69) is 34.4 Å². The van der Waals surface area contributed by atoms with Crippen LogP contribution in [0, 0.1) is 5.92 Å². The predicted octanol–water partition coefficient (Wildman–Crippen LogP) is 1.78. The van der Waals surface area contributed by atoms with Gasteiger partial charge in [-0.1, -0.05) is 19.0 Å². The third-order valence-corrected chi connectivity index (χ3v) is 3.88. The minimum absolute atomic E-state index is 0.113. The average molecular weight is 333 g/mol. The number of hydrogen-bond acceptors (Lipinski definition) is 6. The fourth-order valence-electron chi connectivity index (χ4n) is 2.75. The van der Waals surface area contributed by atoms with Crippen LogP contribution in [0.25, 0.3) is 0 Å². The molecule has 0 saturated carbocycles. The van der Waals surface area contributed by atoms with Gasteiger partial charge in [-0.3, -0.25) is 9.48 Å². The van der Waals surface area contributed by atoms with Gasteiger partial charge in [0.2, 0.25) is 0 Å². The maximum atomic E-state index is 12.3. The fourth-order valence-corrected chi connectivity index (χ4v) is 2.75. The van der Waals surface area contributed by atoms with Crippen LogP contribution in [0.5, 0.6) is 0 Å². The summed E-state index contributed by atoms with van der Waals surface area (Å²) in [7, 11) is 1.77. The molecule has 8 nitrogen and oxygen atoms in total. The molecule has 0 aliphatic carbocycles. The number of rotatable bonds is 6. The highest BCUT2D eigenvalue weighted by Gasteiger charge is 2.24. The maximum Gasteiger partial charge on any atom is 0.269 e. The first kappa shape index (κ1) is 16.6. The quantitative estimate of drug-likeness (QED) is 0.866. The van der Waals surface area contributed by atoms with Crippen molar-refractivity contribution < 1.29 is 14.1 Å². The lowest BCUT2D eigenvalue weighted by molar-refractivity contribution is 0.0835. The lowest BCUT2D eigenvalue weighted by Gasteiger charge is -2.02. The molecule has 1 amide bonds. The van der Waals surface area contributed by atoms with E-state index in [1.165, 1.54) is 0 Å². The molecule has 0 unspecified atom stereocenters. The summed E-state index contributed by atoms with van der Waals surface area (Å²) in [4.78, 5) is 16.6. The van der Waals surface area contributed by atoms with Crippen molar-refractivity contribution in [1.29, 1.82) is 0 Å². The topological polar surface area (TPSA) is 95.1 Å². The van der Waals surface area contributed by atoms with Gasteiger partial charge in [-0.15, -0.1) is 0 Å². The standard InChI is InChI=1S/C16H23N5O3/c1-10(2)7-11-8-12(21(3)19-11)15(22)17-9-14-18-16(24-20-14)13-5-4-6-23-13/h8,10,13H,4-7,9H2,1-3H3,(H,17,22)/t13-/m1/s1. The molecule has 0 aromatic carbocycles. The number of nitrogens with one attached hydrogen (secondary N) is 1. The largest absolute Gasteiger partial charge is 0.368 e. The minimum atomic E-state index is -0.205. The van der Waals surface area contributed by atoms with Crippen molar-refractivity contribution >= 4 is 5.91 Å². The molecule has 1 fully saturated rings. The number of carbonyl (C=O) groups is 1. The molecule has 1 atom stereocenters. The Labute approximate surface area is 140 Å². The van der Waals surface area contributed by atoms with Gasteiger partial charge in [0.05, 0.1) is 12.2 Å². The van der Waals surface area contributed by atoms with Gasteiger partial charge in [0.15, 0.2) is 5.82 Å². The highest BCUT2D eigenvalue weighted by molar-refractivity contribution is 5.92. The Bertz CT molecular complexity index is 700. The molecule has 130 valence electrons. The second-order valence-electron chi connectivity index (χ2n) is 6.48. The number of amides is 1. The van der Waals surface area contributed by atoms with Gasteiger partial charge < -0.3 is 14.6 Å². The van der Waals surface area contributed by atoms with E-state index in [0.717, 1.165) is 31.6 Å². The predicted molar refractivity (Wildman–Crippen MR) is 85.1 cm³/mol. The van der Waals surface area contributed by atoms with Crippen LogP contribution in [-0.4, -0.2) is 32.4 Å². The highest BCUT2D eigenvalue weighted by atomic mass is 16.5. The fraction of sp³-hybridized carbons (Fsp3) is 0.625. The van der Waals surface area contributed by atoms with E-state index in [9.17, 15) is 4.79 Å². The second kappa shape index (κ2) is 7.12. The zero-order chi connectivity index (χ0) is 17.1. The third kappa shape index (κ3) is 3.81. The first-order chi connectivity index (χ1) is 11.5. The molecule has 3 heterocycles. The number of ether oxygens (including phenoxy) is 1. The molecule has 0 bridgehead atoms. The summed E-state index contributed by atoms with van der Waals surface area (Å²) >= 11 is 0. The van der Waals surface area contributed by atoms with Gasteiger partial charge in [-0.25, -0.2) is 0 Å². The van der Waals surface area contributed by atoms with Crippen LogP contribution in [0.4, 0.5) is 0 Å². The normalized spacial score (nSPS) is 17.6. The molecule has 2 aromatic rings. The van der Waals surface area contributed by atoms with E-state index in [1.807, 2.05) is 6.07 Å². The van der Waals surface area contributed by atoms with E-state index < -0.39 is 0 Å². The number of aromatic nitrogens is 4. The van der Waals surface area contributed by atoms with Crippen molar-refractivity contribution in [2.24, 2.45) is 13.0 Å². The molecule has 1 N–H and O–H groups in total. The van der Waals surface area contributed by atoms with Crippen molar-refractivity contribution in [3.05, 3.63) is 29.2 Å². The van der Waals surface area contributed by atoms with E-state index in [-0.39, 0.29) is 18.6 Å². The van der Waals surface area contributed by atoms with Gasteiger partial charge >= 0.3 is 0 Å². The summed E-state index contributed by atoms with van der Waals surface area (Å²) in [6.07, 6.45) is 2.62. The SMILES string of the molecule is CC(C)Cc1cc(C(=O)NCc2noc([C@H]3CCCO3)n2)n(C)n1. The number of hydrogen-bond donors (Lipinski definition) is 1. The van der Waals surface area contributed by atoms with Crippen molar-refractivity contribution in [2.75, 3.05) is 6.61 Å².